The van der Waals surface area contributed by atoms with Crippen molar-refractivity contribution in [3.8, 4) is 17.1 Å². The molecule has 0 saturated heterocycles. The molecule has 0 saturated carbocycles. The van der Waals surface area contributed by atoms with Crippen LogP contribution in [0.5, 0.6) is 5.75 Å². The Kier molecular flexibility index (Phi) is 4.38. The van der Waals surface area contributed by atoms with Crippen molar-refractivity contribution in [2.75, 3.05) is 12.4 Å². The molecule has 0 fully saturated rings. The lowest BCUT2D eigenvalue weighted by molar-refractivity contribution is 0.102. The quantitative estimate of drug-likeness (QED) is 0.752. The number of carbonyl (C=O) groups excluding carboxylic acids is 1. The van der Waals surface area contributed by atoms with Gasteiger partial charge in [-0.1, -0.05) is 19.1 Å². The van der Waals surface area contributed by atoms with Crippen LogP contribution in [0, 0.1) is 0 Å². The van der Waals surface area contributed by atoms with Crippen molar-refractivity contribution in [2.45, 2.75) is 13.3 Å². The fourth-order valence-electron chi connectivity index (χ4n) is 2.25. The molecule has 1 aromatic carbocycles. The van der Waals surface area contributed by atoms with Crippen LogP contribution in [0.25, 0.3) is 11.4 Å². The molecule has 2 aromatic heterocycles. The smallest absolute Gasteiger partial charge is 0.268 e. The molecule has 0 spiro atoms. The van der Waals surface area contributed by atoms with E-state index in [1.54, 1.807) is 7.11 Å². The highest BCUT2D eigenvalue weighted by Crippen LogP contribution is 2.27. The maximum Gasteiger partial charge on any atom is 0.268 e. The van der Waals surface area contributed by atoms with Crippen molar-refractivity contribution in [1.82, 2.24) is 15.2 Å². The number of aromatic nitrogens is 3. The molecule has 0 radical (unpaired) electrons. The van der Waals surface area contributed by atoms with Gasteiger partial charge in [0.05, 0.1) is 17.6 Å². The van der Waals surface area contributed by atoms with Gasteiger partial charge in [-0.25, -0.2) is 0 Å². The van der Waals surface area contributed by atoms with Crippen LogP contribution in [0.15, 0.2) is 35.7 Å². The molecule has 3 aromatic rings. The van der Waals surface area contributed by atoms with Gasteiger partial charge in [-0.2, -0.15) is 4.98 Å². The van der Waals surface area contributed by atoms with Crippen molar-refractivity contribution < 1.29 is 9.53 Å². The van der Waals surface area contributed by atoms with E-state index in [2.05, 4.69) is 20.5 Å². The summed E-state index contributed by atoms with van der Waals surface area (Å²) >= 11 is 1.41. The van der Waals surface area contributed by atoms with Gasteiger partial charge >= 0.3 is 0 Å². The lowest BCUT2D eigenvalue weighted by Crippen LogP contribution is -2.13. The van der Waals surface area contributed by atoms with Crippen molar-refractivity contribution >= 4 is 23.2 Å². The molecule has 0 bridgehead atoms. The minimum Gasteiger partial charge on any atom is -0.496 e. The Morgan fingerprint density at radius 2 is 2.17 bits per heavy atom. The fourth-order valence-corrected chi connectivity index (χ4v) is 3.14. The second kappa shape index (κ2) is 6.62. The number of hydrogen-bond acceptors (Lipinski definition) is 5. The second-order valence-electron chi connectivity index (χ2n) is 4.79. The first-order valence-corrected chi connectivity index (χ1v) is 8.04. The highest BCUT2D eigenvalue weighted by molar-refractivity contribution is 7.12. The number of ether oxygens (including phenoxy) is 1. The van der Waals surface area contributed by atoms with Crippen LogP contribution in [0.1, 0.15) is 22.2 Å². The van der Waals surface area contributed by atoms with Crippen LogP contribution < -0.4 is 10.1 Å². The second-order valence-corrected chi connectivity index (χ2v) is 5.71. The normalized spacial score (nSPS) is 10.5. The number of aryl methyl sites for hydroxylation is 1. The summed E-state index contributed by atoms with van der Waals surface area (Å²) in [5, 5.41) is 11.5. The highest BCUT2D eigenvalue weighted by Gasteiger charge is 2.16. The Bertz CT molecular complexity index is 825. The van der Waals surface area contributed by atoms with Crippen molar-refractivity contribution in [3.05, 3.63) is 46.2 Å². The van der Waals surface area contributed by atoms with E-state index in [1.165, 1.54) is 11.3 Å². The number of amides is 1. The number of methoxy groups -OCH3 is 1. The lowest BCUT2D eigenvalue weighted by Gasteiger charge is -2.04. The van der Waals surface area contributed by atoms with Gasteiger partial charge < -0.3 is 4.74 Å². The molecular weight excluding hydrogens is 312 g/mol. The predicted molar refractivity (Wildman–Crippen MR) is 90.0 cm³/mol. The zero-order valence-electron chi connectivity index (χ0n) is 12.8. The molecule has 2 N–H and O–H groups in total. The molecule has 0 aliphatic rings. The van der Waals surface area contributed by atoms with Gasteiger partial charge in [0.2, 0.25) is 5.95 Å². The molecule has 1 amide bonds. The Balaban J connectivity index is 1.81. The van der Waals surface area contributed by atoms with Crippen molar-refractivity contribution in [1.29, 1.82) is 0 Å². The summed E-state index contributed by atoms with van der Waals surface area (Å²) in [5.74, 6) is 1.28. The lowest BCUT2D eigenvalue weighted by atomic mass is 10.2. The maximum atomic E-state index is 12.3. The third kappa shape index (κ3) is 3.09. The van der Waals surface area contributed by atoms with Crippen LogP contribution in [0.2, 0.25) is 0 Å². The van der Waals surface area contributed by atoms with E-state index in [0.717, 1.165) is 17.5 Å². The number of rotatable bonds is 5. The van der Waals surface area contributed by atoms with Gasteiger partial charge in [-0.05, 0) is 35.6 Å². The first-order chi connectivity index (χ1) is 11.2. The molecule has 0 aliphatic heterocycles. The zero-order chi connectivity index (χ0) is 16.2. The van der Waals surface area contributed by atoms with E-state index < -0.39 is 0 Å². The van der Waals surface area contributed by atoms with E-state index in [9.17, 15) is 4.79 Å². The minimum atomic E-state index is -0.192. The number of anilines is 1. The number of aromatic amines is 1. The van der Waals surface area contributed by atoms with Crippen LogP contribution in [-0.2, 0) is 6.42 Å². The van der Waals surface area contributed by atoms with E-state index in [4.69, 9.17) is 4.74 Å². The van der Waals surface area contributed by atoms with Gasteiger partial charge in [0.15, 0.2) is 5.82 Å². The Morgan fingerprint density at radius 3 is 2.96 bits per heavy atom. The average molecular weight is 328 g/mol. The standard InChI is InChI=1S/C16H16N4O2S/c1-3-10-8-9-23-13(10)15(21)18-16-17-14(19-20-16)11-6-4-5-7-12(11)22-2/h4-9H,3H2,1-2H3,(H2,17,18,19,20,21). The molecule has 118 valence electrons. The minimum absolute atomic E-state index is 0.192. The Morgan fingerprint density at radius 1 is 1.35 bits per heavy atom. The Hall–Kier alpha value is -2.67. The van der Waals surface area contributed by atoms with Gasteiger partial charge in [0.25, 0.3) is 5.91 Å². The van der Waals surface area contributed by atoms with Crippen LogP contribution in [-0.4, -0.2) is 28.2 Å². The summed E-state index contributed by atoms with van der Waals surface area (Å²) in [6, 6.07) is 9.44. The van der Waals surface area contributed by atoms with E-state index >= 15 is 0 Å². The molecular formula is C16H16N4O2S. The van der Waals surface area contributed by atoms with E-state index in [0.29, 0.717) is 16.5 Å². The molecule has 3 rings (SSSR count). The summed E-state index contributed by atoms with van der Waals surface area (Å²) < 4.78 is 5.31. The summed E-state index contributed by atoms with van der Waals surface area (Å²) in [5.41, 5.74) is 1.81. The molecule has 7 heteroatoms. The summed E-state index contributed by atoms with van der Waals surface area (Å²) in [4.78, 5) is 17.3. The van der Waals surface area contributed by atoms with E-state index in [-0.39, 0.29) is 11.9 Å². The van der Waals surface area contributed by atoms with Gasteiger partial charge in [0, 0.05) is 0 Å². The fraction of sp³-hybridized carbons (Fsp3) is 0.188. The largest absolute Gasteiger partial charge is 0.496 e. The van der Waals surface area contributed by atoms with Gasteiger partial charge in [-0.3, -0.25) is 15.2 Å². The molecule has 23 heavy (non-hydrogen) atoms. The number of nitrogens with zero attached hydrogens (tertiary/aromatic N) is 2. The zero-order valence-corrected chi connectivity index (χ0v) is 13.6. The SMILES string of the molecule is CCc1ccsc1C(=O)Nc1n[nH]c(-c2ccccc2OC)n1. The van der Waals surface area contributed by atoms with Gasteiger partial charge in [0.1, 0.15) is 5.75 Å². The summed E-state index contributed by atoms with van der Waals surface area (Å²) in [6.45, 7) is 2.02. The third-order valence-corrected chi connectivity index (χ3v) is 4.36. The number of thiophene rings is 1. The maximum absolute atomic E-state index is 12.3. The molecule has 0 aliphatic carbocycles. The predicted octanol–water partition coefficient (Wildman–Crippen LogP) is 3.36. The number of nitrogens with one attached hydrogen (secondary N) is 2. The average Bonchev–Trinajstić information content (AvgIpc) is 3.23. The molecule has 2 heterocycles. The van der Waals surface area contributed by atoms with Gasteiger partial charge in [-0.15, -0.1) is 16.4 Å². The van der Waals surface area contributed by atoms with Crippen LogP contribution in [0.3, 0.4) is 0 Å². The monoisotopic (exact) mass is 328 g/mol. The highest BCUT2D eigenvalue weighted by atomic mass is 32.1. The Labute approximate surface area is 137 Å². The summed E-state index contributed by atoms with van der Waals surface area (Å²) in [6.07, 6.45) is 0.812. The topological polar surface area (TPSA) is 79.9 Å². The van der Waals surface area contributed by atoms with Crippen molar-refractivity contribution in [2.24, 2.45) is 0 Å². The van der Waals surface area contributed by atoms with Crippen LogP contribution >= 0.6 is 11.3 Å². The van der Waals surface area contributed by atoms with Crippen molar-refractivity contribution in [3.63, 3.8) is 0 Å². The number of benzene rings is 1. The molecule has 0 unspecified atom stereocenters. The number of para-hydroxylation sites is 1. The number of H-pyrrole nitrogens is 1. The van der Waals surface area contributed by atoms with E-state index in [1.807, 2.05) is 42.6 Å². The number of carbonyl (C=O) groups is 1. The number of hydrogen-bond donors (Lipinski definition) is 2. The first kappa shape index (κ1) is 15.2. The summed E-state index contributed by atoms with van der Waals surface area (Å²) in [7, 11) is 1.60. The molecule has 0 atom stereocenters. The van der Waals surface area contributed by atoms with Crippen LogP contribution in [0.4, 0.5) is 5.95 Å². The third-order valence-electron chi connectivity index (χ3n) is 3.41. The first-order valence-electron chi connectivity index (χ1n) is 7.16. The molecule has 6 nitrogen and oxygen atoms in total.